The number of hydrogen-bond donors (Lipinski definition) is 1. The van der Waals surface area contributed by atoms with Crippen LogP contribution in [0.25, 0.3) is 0 Å². The van der Waals surface area contributed by atoms with Crippen molar-refractivity contribution in [2.24, 2.45) is 0 Å². The zero-order chi connectivity index (χ0) is 13.0. The summed E-state index contributed by atoms with van der Waals surface area (Å²) in [5.74, 6) is -0.137. The molecular formula is C15H18N2O. The topological polar surface area (TPSA) is 52.9 Å². The first-order valence-corrected chi connectivity index (χ1v) is 6.46. The van der Waals surface area contributed by atoms with Gasteiger partial charge in [0.25, 0.3) is 5.91 Å². The molecule has 0 unspecified atom stereocenters. The van der Waals surface area contributed by atoms with Gasteiger partial charge >= 0.3 is 0 Å². The largest absolute Gasteiger partial charge is 0.334 e. The molecule has 3 heteroatoms. The Kier molecular flexibility index (Phi) is 3.66. The molecule has 1 aliphatic carbocycles. The van der Waals surface area contributed by atoms with Gasteiger partial charge in [-0.1, -0.05) is 37.0 Å². The van der Waals surface area contributed by atoms with Crippen LogP contribution in [0, 0.1) is 18.3 Å². The molecule has 1 aliphatic rings. The number of benzene rings is 1. The Morgan fingerprint density at radius 1 is 1.33 bits per heavy atom. The SMILES string of the molecule is Cc1cccc(C(=O)NC2(C#N)CCCCC2)c1. The molecule has 0 spiro atoms. The molecule has 1 saturated carbocycles. The van der Waals surface area contributed by atoms with Gasteiger partial charge < -0.3 is 5.32 Å². The van der Waals surface area contributed by atoms with E-state index in [1.807, 2.05) is 25.1 Å². The summed E-state index contributed by atoms with van der Waals surface area (Å²) in [6.45, 7) is 1.96. The number of carbonyl (C=O) groups is 1. The first-order chi connectivity index (χ1) is 8.65. The van der Waals surface area contributed by atoms with Crippen LogP contribution in [-0.4, -0.2) is 11.4 Å². The molecule has 0 atom stereocenters. The predicted octanol–water partition coefficient (Wildman–Crippen LogP) is 2.95. The predicted molar refractivity (Wildman–Crippen MR) is 70.1 cm³/mol. The number of nitrogens with zero attached hydrogens (tertiary/aromatic N) is 1. The highest BCUT2D eigenvalue weighted by Crippen LogP contribution is 2.27. The normalized spacial score (nSPS) is 17.8. The summed E-state index contributed by atoms with van der Waals surface area (Å²) >= 11 is 0. The van der Waals surface area contributed by atoms with E-state index in [1.165, 1.54) is 0 Å². The molecule has 3 nitrogen and oxygen atoms in total. The van der Waals surface area contributed by atoms with Crippen LogP contribution in [0.5, 0.6) is 0 Å². The Bertz CT molecular complexity index is 482. The maximum absolute atomic E-state index is 12.2. The number of amides is 1. The Morgan fingerprint density at radius 2 is 2.06 bits per heavy atom. The van der Waals surface area contributed by atoms with Crippen LogP contribution in [-0.2, 0) is 0 Å². The lowest BCUT2D eigenvalue weighted by atomic mass is 9.82. The van der Waals surface area contributed by atoms with Crippen molar-refractivity contribution in [3.63, 3.8) is 0 Å². The molecule has 0 aromatic heterocycles. The minimum Gasteiger partial charge on any atom is -0.334 e. The molecule has 1 fully saturated rings. The van der Waals surface area contributed by atoms with Gasteiger partial charge in [0.2, 0.25) is 0 Å². The Hall–Kier alpha value is -1.82. The number of nitriles is 1. The molecule has 18 heavy (non-hydrogen) atoms. The molecule has 1 amide bonds. The third-order valence-corrected chi connectivity index (χ3v) is 3.55. The second-order valence-corrected chi connectivity index (χ2v) is 5.08. The van der Waals surface area contributed by atoms with E-state index < -0.39 is 5.54 Å². The molecule has 0 heterocycles. The van der Waals surface area contributed by atoms with E-state index in [4.69, 9.17) is 0 Å². The lowest BCUT2D eigenvalue weighted by molar-refractivity contribution is 0.0902. The molecule has 0 radical (unpaired) electrons. The molecular weight excluding hydrogens is 224 g/mol. The zero-order valence-electron chi connectivity index (χ0n) is 10.7. The van der Waals surface area contributed by atoms with Crippen molar-refractivity contribution in [2.45, 2.75) is 44.6 Å². The molecule has 1 aromatic rings. The van der Waals surface area contributed by atoms with Crippen molar-refractivity contribution in [2.75, 3.05) is 0 Å². The fourth-order valence-electron chi connectivity index (χ4n) is 2.50. The number of nitrogens with one attached hydrogen (secondary N) is 1. The van der Waals surface area contributed by atoms with E-state index in [2.05, 4.69) is 11.4 Å². The van der Waals surface area contributed by atoms with Crippen LogP contribution in [0.15, 0.2) is 24.3 Å². The molecule has 1 aromatic carbocycles. The van der Waals surface area contributed by atoms with Crippen LogP contribution in [0.3, 0.4) is 0 Å². The lowest BCUT2D eigenvalue weighted by Gasteiger charge is -2.31. The van der Waals surface area contributed by atoms with Gasteiger partial charge in [0, 0.05) is 5.56 Å². The van der Waals surface area contributed by atoms with E-state index in [-0.39, 0.29) is 5.91 Å². The molecule has 1 N–H and O–H groups in total. The molecule has 94 valence electrons. The van der Waals surface area contributed by atoms with Gasteiger partial charge in [-0.05, 0) is 31.9 Å². The van der Waals surface area contributed by atoms with Crippen molar-refractivity contribution in [1.82, 2.24) is 5.32 Å². The number of rotatable bonds is 2. The molecule has 0 aliphatic heterocycles. The summed E-state index contributed by atoms with van der Waals surface area (Å²) in [6, 6.07) is 9.76. The van der Waals surface area contributed by atoms with Gasteiger partial charge in [-0.15, -0.1) is 0 Å². The average Bonchev–Trinajstić information content (AvgIpc) is 2.40. The fourth-order valence-corrected chi connectivity index (χ4v) is 2.50. The molecule has 0 bridgehead atoms. The van der Waals surface area contributed by atoms with Crippen molar-refractivity contribution in [1.29, 1.82) is 5.26 Å². The monoisotopic (exact) mass is 242 g/mol. The van der Waals surface area contributed by atoms with Crippen LogP contribution >= 0.6 is 0 Å². The zero-order valence-corrected chi connectivity index (χ0v) is 10.7. The van der Waals surface area contributed by atoms with Gasteiger partial charge in [-0.2, -0.15) is 5.26 Å². The van der Waals surface area contributed by atoms with Gasteiger partial charge in [0.1, 0.15) is 5.54 Å². The van der Waals surface area contributed by atoms with E-state index in [0.29, 0.717) is 5.56 Å². The summed E-state index contributed by atoms with van der Waals surface area (Å²) in [4.78, 5) is 12.2. The lowest BCUT2D eigenvalue weighted by Crippen LogP contribution is -2.48. The van der Waals surface area contributed by atoms with Crippen molar-refractivity contribution in [3.05, 3.63) is 35.4 Å². The fraction of sp³-hybridized carbons (Fsp3) is 0.467. The quantitative estimate of drug-likeness (QED) is 0.866. The first-order valence-electron chi connectivity index (χ1n) is 6.46. The first kappa shape index (κ1) is 12.6. The van der Waals surface area contributed by atoms with Crippen molar-refractivity contribution < 1.29 is 4.79 Å². The summed E-state index contributed by atoms with van der Waals surface area (Å²) in [7, 11) is 0. The maximum atomic E-state index is 12.2. The summed E-state index contributed by atoms with van der Waals surface area (Å²) in [5.41, 5.74) is 1.03. The Labute approximate surface area is 108 Å². The van der Waals surface area contributed by atoms with Gasteiger partial charge in [-0.25, -0.2) is 0 Å². The number of hydrogen-bond acceptors (Lipinski definition) is 2. The van der Waals surface area contributed by atoms with Crippen molar-refractivity contribution in [3.8, 4) is 6.07 Å². The second kappa shape index (κ2) is 5.22. The molecule has 0 saturated heterocycles. The Morgan fingerprint density at radius 3 is 2.67 bits per heavy atom. The van der Waals surface area contributed by atoms with Crippen molar-refractivity contribution >= 4 is 5.91 Å². The highest BCUT2D eigenvalue weighted by molar-refractivity contribution is 5.95. The van der Waals surface area contributed by atoms with Crippen LogP contribution in [0.4, 0.5) is 0 Å². The summed E-state index contributed by atoms with van der Waals surface area (Å²) in [6.07, 6.45) is 4.72. The highest BCUT2D eigenvalue weighted by atomic mass is 16.1. The summed E-state index contributed by atoms with van der Waals surface area (Å²) in [5, 5.41) is 12.3. The standard InChI is InChI=1S/C15H18N2O/c1-12-6-5-7-13(10-12)14(18)17-15(11-16)8-3-2-4-9-15/h5-7,10H,2-4,8-9H2,1H3,(H,17,18). The van der Waals surface area contributed by atoms with E-state index in [9.17, 15) is 10.1 Å². The summed E-state index contributed by atoms with van der Waals surface area (Å²) < 4.78 is 0. The smallest absolute Gasteiger partial charge is 0.252 e. The third-order valence-electron chi connectivity index (χ3n) is 3.55. The molecule has 2 rings (SSSR count). The number of aryl methyl sites for hydroxylation is 1. The van der Waals surface area contributed by atoms with E-state index >= 15 is 0 Å². The average molecular weight is 242 g/mol. The minimum atomic E-state index is -0.654. The maximum Gasteiger partial charge on any atom is 0.252 e. The second-order valence-electron chi connectivity index (χ2n) is 5.08. The van der Waals surface area contributed by atoms with Gasteiger partial charge in [0.05, 0.1) is 6.07 Å². The number of carbonyl (C=O) groups excluding carboxylic acids is 1. The van der Waals surface area contributed by atoms with E-state index in [0.717, 1.165) is 37.7 Å². The van der Waals surface area contributed by atoms with Gasteiger partial charge in [0.15, 0.2) is 0 Å². The minimum absolute atomic E-state index is 0.137. The Balaban J connectivity index is 2.13. The van der Waals surface area contributed by atoms with E-state index in [1.54, 1.807) is 6.07 Å². The van der Waals surface area contributed by atoms with Crippen LogP contribution in [0.1, 0.15) is 48.0 Å². The highest BCUT2D eigenvalue weighted by Gasteiger charge is 2.33. The van der Waals surface area contributed by atoms with Crippen LogP contribution in [0.2, 0.25) is 0 Å². The van der Waals surface area contributed by atoms with Crippen LogP contribution < -0.4 is 5.32 Å². The van der Waals surface area contributed by atoms with Gasteiger partial charge in [-0.3, -0.25) is 4.79 Å². The third kappa shape index (κ3) is 2.70.